The van der Waals surface area contributed by atoms with Gasteiger partial charge < -0.3 is 4.74 Å². The molecule has 0 saturated carbocycles. The monoisotopic (exact) mass is 472 g/mol. The molecule has 0 bridgehead atoms. The van der Waals surface area contributed by atoms with Crippen LogP contribution in [0.2, 0.25) is 0 Å². The van der Waals surface area contributed by atoms with E-state index >= 15 is 0 Å². The van der Waals surface area contributed by atoms with Crippen LogP contribution in [0.5, 0.6) is 0 Å². The summed E-state index contributed by atoms with van der Waals surface area (Å²) in [5.74, 6) is -7.69. The molecule has 0 radical (unpaired) electrons. The molecule has 2 rings (SSSR count). The van der Waals surface area contributed by atoms with Gasteiger partial charge in [-0.2, -0.15) is 0 Å². The fourth-order valence-corrected chi connectivity index (χ4v) is 3.19. The number of esters is 1. The molecular weight excluding hydrogens is 448 g/mol. The van der Waals surface area contributed by atoms with Crippen LogP contribution in [-0.2, 0) is 28.0 Å². The molecule has 2 aromatic rings. The molecule has 32 heavy (non-hydrogen) atoms. The summed E-state index contributed by atoms with van der Waals surface area (Å²) >= 11 is 5.31. The zero-order valence-corrected chi connectivity index (χ0v) is 19.2. The van der Waals surface area contributed by atoms with Crippen molar-refractivity contribution in [2.75, 3.05) is 0 Å². The number of ether oxygens (including phenoxy) is 1. The summed E-state index contributed by atoms with van der Waals surface area (Å²) in [5, 5.41) is 0. The molecule has 0 amide bonds. The molecule has 0 aliphatic heterocycles. The molecule has 0 aliphatic carbocycles. The van der Waals surface area contributed by atoms with Gasteiger partial charge >= 0.3 is 5.97 Å². The standard InChI is InChI=1S/C23H25ClF4N2O2/c1-12(2)16(13-9-29-22(30-10-13)23(3,4)5)21(31)32-11-15-19(27)17(25)14(7-6-8-24)18(26)20(15)28/h6,8-10,12,16H,7,11H2,1-5H3. The Kier molecular flexibility index (Phi) is 8.40. The maximum Gasteiger partial charge on any atom is 0.314 e. The Morgan fingerprint density at radius 3 is 1.97 bits per heavy atom. The number of hydrogen-bond acceptors (Lipinski definition) is 4. The van der Waals surface area contributed by atoms with E-state index in [1.54, 1.807) is 13.8 Å². The largest absolute Gasteiger partial charge is 0.460 e. The van der Waals surface area contributed by atoms with Crippen LogP contribution < -0.4 is 0 Å². The third-order valence-corrected chi connectivity index (χ3v) is 5.02. The van der Waals surface area contributed by atoms with Gasteiger partial charge in [0.2, 0.25) is 0 Å². The Bertz CT molecular complexity index is 974. The lowest BCUT2D eigenvalue weighted by atomic mass is 9.89. The lowest BCUT2D eigenvalue weighted by molar-refractivity contribution is -0.148. The van der Waals surface area contributed by atoms with Gasteiger partial charge in [0, 0.05) is 34.5 Å². The van der Waals surface area contributed by atoms with E-state index in [0.29, 0.717) is 11.4 Å². The molecule has 1 aromatic heterocycles. The fourth-order valence-electron chi connectivity index (χ4n) is 3.10. The number of nitrogens with zero attached hydrogens (tertiary/aromatic N) is 2. The maximum atomic E-state index is 14.4. The van der Waals surface area contributed by atoms with Crippen molar-refractivity contribution >= 4 is 17.6 Å². The third kappa shape index (κ3) is 5.65. The zero-order chi connectivity index (χ0) is 24.2. The first-order valence-corrected chi connectivity index (χ1v) is 10.4. The number of allylic oxidation sites excluding steroid dienone is 1. The average Bonchev–Trinajstić information content (AvgIpc) is 2.72. The third-order valence-electron chi connectivity index (χ3n) is 4.84. The van der Waals surface area contributed by atoms with Gasteiger partial charge in [0.15, 0.2) is 23.3 Å². The van der Waals surface area contributed by atoms with Crippen molar-refractivity contribution in [1.29, 1.82) is 0 Å². The van der Waals surface area contributed by atoms with E-state index in [0.717, 1.165) is 11.6 Å². The number of carbonyl (C=O) groups excluding carboxylic acids is 1. The Morgan fingerprint density at radius 1 is 1.03 bits per heavy atom. The van der Waals surface area contributed by atoms with Crippen molar-refractivity contribution in [1.82, 2.24) is 9.97 Å². The summed E-state index contributed by atoms with van der Waals surface area (Å²) in [6, 6.07) is 0. The molecular formula is C23H25ClF4N2O2. The van der Waals surface area contributed by atoms with E-state index in [1.807, 2.05) is 20.8 Å². The molecule has 9 heteroatoms. The van der Waals surface area contributed by atoms with Gasteiger partial charge in [0.05, 0.1) is 11.5 Å². The van der Waals surface area contributed by atoms with Crippen LogP contribution in [0.4, 0.5) is 17.6 Å². The van der Waals surface area contributed by atoms with Crippen LogP contribution in [0.3, 0.4) is 0 Å². The van der Waals surface area contributed by atoms with Gasteiger partial charge in [0.1, 0.15) is 12.4 Å². The highest BCUT2D eigenvalue weighted by molar-refractivity contribution is 6.25. The lowest BCUT2D eigenvalue weighted by Crippen LogP contribution is -2.23. The number of rotatable bonds is 7. The van der Waals surface area contributed by atoms with Crippen LogP contribution in [0, 0.1) is 29.2 Å². The highest BCUT2D eigenvalue weighted by Crippen LogP contribution is 2.29. The smallest absolute Gasteiger partial charge is 0.314 e. The molecule has 0 aliphatic rings. The van der Waals surface area contributed by atoms with Crippen LogP contribution in [0.15, 0.2) is 24.0 Å². The fraction of sp³-hybridized carbons (Fsp3) is 0.435. The van der Waals surface area contributed by atoms with Gasteiger partial charge in [-0.3, -0.25) is 4.79 Å². The predicted octanol–water partition coefficient (Wildman–Crippen LogP) is 6.11. The normalized spacial score (nSPS) is 13.1. The summed E-state index contributed by atoms with van der Waals surface area (Å²) in [6.45, 7) is 8.35. The van der Waals surface area contributed by atoms with Crippen LogP contribution >= 0.6 is 11.6 Å². The van der Waals surface area contributed by atoms with E-state index in [4.69, 9.17) is 16.3 Å². The van der Waals surface area contributed by atoms with Crippen molar-refractivity contribution in [2.24, 2.45) is 5.92 Å². The van der Waals surface area contributed by atoms with Crippen LogP contribution in [-0.4, -0.2) is 15.9 Å². The van der Waals surface area contributed by atoms with Gasteiger partial charge in [0.25, 0.3) is 0 Å². The Morgan fingerprint density at radius 2 is 1.53 bits per heavy atom. The van der Waals surface area contributed by atoms with Crippen molar-refractivity contribution < 1.29 is 27.1 Å². The summed E-state index contributed by atoms with van der Waals surface area (Å²) in [6.07, 6.45) is 3.70. The lowest BCUT2D eigenvalue weighted by Gasteiger charge is -2.21. The first-order chi connectivity index (χ1) is 14.9. The summed E-state index contributed by atoms with van der Waals surface area (Å²) in [5.41, 5.74) is -0.661. The molecule has 1 heterocycles. The van der Waals surface area contributed by atoms with Gasteiger partial charge in [-0.1, -0.05) is 52.3 Å². The van der Waals surface area contributed by atoms with E-state index in [1.165, 1.54) is 12.4 Å². The highest BCUT2D eigenvalue weighted by Gasteiger charge is 2.30. The number of aromatic nitrogens is 2. The molecule has 0 saturated heterocycles. The highest BCUT2D eigenvalue weighted by atomic mass is 35.5. The van der Waals surface area contributed by atoms with Crippen LogP contribution in [0.25, 0.3) is 0 Å². The molecule has 0 fully saturated rings. The summed E-state index contributed by atoms with van der Waals surface area (Å²) in [7, 11) is 0. The molecule has 0 spiro atoms. The van der Waals surface area contributed by atoms with Crippen molar-refractivity contribution in [3.05, 3.63) is 69.8 Å². The molecule has 174 valence electrons. The zero-order valence-electron chi connectivity index (χ0n) is 18.5. The molecule has 0 N–H and O–H groups in total. The second-order valence-electron chi connectivity index (χ2n) is 8.70. The van der Waals surface area contributed by atoms with Gasteiger partial charge in [-0.15, -0.1) is 0 Å². The SMILES string of the molecule is CC(C)C(C(=O)OCc1c(F)c(F)c(CC=CCl)c(F)c1F)c1cnc(C(C)(C)C)nc1. The molecule has 1 unspecified atom stereocenters. The van der Waals surface area contributed by atoms with Gasteiger partial charge in [-0.05, 0) is 12.3 Å². The minimum absolute atomic E-state index is 0.264. The Balaban J connectivity index is 2.28. The summed E-state index contributed by atoms with van der Waals surface area (Å²) < 4.78 is 62.2. The first-order valence-electron chi connectivity index (χ1n) is 9.98. The quantitative estimate of drug-likeness (QED) is 0.277. The topological polar surface area (TPSA) is 52.1 Å². The van der Waals surface area contributed by atoms with Crippen LogP contribution in [0.1, 0.15) is 63.1 Å². The molecule has 1 atom stereocenters. The van der Waals surface area contributed by atoms with E-state index in [2.05, 4.69) is 9.97 Å². The first kappa shape index (κ1) is 25.8. The minimum atomic E-state index is -1.62. The second-order valence-corrected chi connectivity index (χ2v) is 8.95. The number of hydrogen-bond donors (Lipinski definition) is 0. The van der Waals surface area contributed by atoms with E-state index in [-0.39, 0.29) is 11.3 Å². The predicted molar refractivity (Wildman–Crippen MR) is 113 cm³/mol. The van der Waals surface area contributed by atoms with E-state index in [9.17, 15) is 22.4 Å². The minimum Gasteiger partial charge on any atom is -0.460 e. The van der Waals surface area contributed by atoms with Gasteiger partial charge in [-0.25, -0.2) is 27.5 Å². The Labute approximate surface area is 189 Å². The number of carbonyl (C=O) groups is 1. The van der Waals surface area contributed by atoms with E-state index < -0.39 is 59.3 Å². The maximum absolute atomic E-state index is 14.4. The molecule has 1 aromatic carbocycles. The average molecular weight is 473 g/mol. The Hall–Kier alpha value is -2.48. The molecule has 4 nitrogen and oxygen atoms in total. The number of benzene rings is 1. The van der Waals surface area contributed by atoms with Crippen molar-refractivity contribution in [3.8, 4) is 0 Å². The second kappa shape index (κ2) is 10.4. The van der Waals surface area contributed by atoms with Crippen molar-refractivity contribution in [2.45, 2.75) is 59.0 Å². The number of halogens is 5. The van der Waals surface area contributed by atoms with Crippen molar-refractivity contribution in [3.63, 3.8) is 0 Å². The summed E-state index contributed by atoms with van der Waals surface area (Å²) in [4.78, 5) is 21.3.